The highest BCUT2D eigenvalue weighted by Crippen LogP contribution is 2.19. The molecule has 126 valence electrons. The van der Waals surface area contributed by atoms with Gasteiger partial charge in [0.15, 0.2) is 0 Å². The van der Waals surface area contributed by atoms with E-state index in [1.165, 1.54) is 0 Å². The maximum absolute atomic E-state index is 4.47. The van der Waals surface area contributed by atoms with E-state index in [1.807, 2.05) is 91.3 Å². The number of thiol groups is 1. The van der Waals surface area contributed by atoms with Gasteiger partial charge in [-0.3, -0.25) is 4.99 Å². The van der Waals surface area contributed by atoms with Crippen LogP contribution >= 0.6 is 12.6 Å². The van der Waals surface area contributed by atoms with Gasteiger partial charge in [-0.15, -0.1) is 17.7 Å². The molecule has 0 aliphatic rings. The molecule has 0 saturated carbocycles. The Balaban J connectivity index is 1.51. The molecule has 0 amide bonds. The first-order valence-electron chi connectivity index (χ1n) is 8.19. The third kappa shape index (κ3) is 3.73. The van der Waals surface area contributed by atoms with E-state index in [4.69, 9.17) is 0 Å². The lowest BCUT2D eigenvalue weighted by atomic mass is 10.1. The largest absolute Gasteiger partial charge is 0.256 e. The molecule has 0 bridgehead atoms. The number of benzene rings is 3. The van der Waals surface area contributed by atoms with Crippen LogP contribution in [0.15, 0.2) is 94.9 Å². The lowest BCUT2D eigenvalue weighted by molar-refractivity contribution is 0.804. The number of hydrogen-bond donors (Lipinski definition) is 1. The Morgan fingerprint density at radius 1 is 0.846 bits per heavy atom. The van der Waals surface area contributed by atoms with Crippen molar-refractivity contribution in [2.45, 2.75) is 4.90 Å². The van der Waals surface area contributed by atoms with Crippen LogP contribution in [-0.4, -0.2) is 21.2 Å². The fourth-order valence-corrected chi connectivity index (χ4v) is 2.68. The van der Waals surface area contributed by atoms with Gasteiger partial charge in [-0.05, 0) is 42.0 Å². The molecule has 3 aromatic carbocycles. The molecule has 0 aliphatic heterocycles. The molecule has 1 heterocycles. The van der Waals surface area contributed by atoms with Gasteiger partial charge in [-0.25, -0.2) is 4.68 Å². The number of hydrogen-bond acceptors (Lipinski definition) is 4. The zero-order chi connectivity index (χ0) is 17.8. The van der Waals surface area contributed by atoms with Gasteiger partial charge in [0.1, 0.15) is 5.69 Å². The monoisotopic (exact) mass is 356 g/mol. The van der Waals surface area contributed by atoms with Gasteiger partial charge in [-0.2, -0.15) is 0 Å². The van der Waals surface area contributed by atoms with E-state index >= 15 is 0 Å². The summed E-state index contributed by atoms with van der Waals surface area (Å²) >= 11 is 4.28. The van der Waals surface area contributed by atoms with Gasteiger partial charge in [-0.1, -0.05) is 47.7 Å². The molecule has 0 aliphatic carbocycles. The predicted molar refractivity (Wildman–Crippen MR) is 108 cm³/mol. The molecule has 0 radical (unpaired) electrons. The Labute approximate surface area is 157 Å². The molecule has 5 heteroatoms. The van der Waals surface area contributed by atoms with Crippen LogP contribution < -0.4 is 0 Å². The van der Waals surface area contributed by atoms with Crippen molar-refractivity contribution in [3.05, 3.63) is 90.6 Å². The molecule has 1 aromatic heterocycles. The molecule has 0 N–H and O–H groups in total. The van der Waals surface area contributed by atoms with Crippen molar-refractivity contribution < 1.29 is 0 Å². The highest BCUT2D eigenvalue weighted by atomic mass is 32.1. The van der Waals surface area contributed by atoms with E-state index in [0.29, 0.717) is 0 Å². The van der Waals surface area contributed by atoms with E-state index < -0.39 is 0 Å². The third-order valence-corrected chi connectivity index (χ3v) is 4.23. The van der Waals surface area contributed by atoms with Crippen molar-refractivity contribution in [2.24, 2.45) is 4.99 Å². The van der Waals surface area contributed by atoms with E-state index in [9.17, 15) is 0 Å². The molecule has 0 fully saturated rings. The maximum Gasteiger partial charge on any atom is 0.113 e. The van der Waals surface area contributed by atoms with Crippen molar-refractivity contribution >= 4 is 24.5 Å². The topological polar surface area (TPSA) is 43.1 Å². The standard InChI is InChI=1S/C21H16N4S/c26-20-12-10-18(11-13-20)22-14-16-6-8-17(9-7-16)21-15-25(24-23-21)19-4-2-1-3-5-19/h1-15,26H. The Morgan fingerprint density at radius 2 is 1.58 bits per heavy atom. The minimum atomic E-state index is 0.835. The minimum absolute atomic E-state index is 0.835. The van der Waals surface area contributed by atoms with Crippen LogP contribution in [0.1, 0.15) is 5.56 Å². The smallest absolute Gasteiger partial charge is 0.113 e. The molecule has 0 atom stereocenters. The molecule has 4 rings (SSSR count). The number of rotatable bonds is 4. The summed E-state index contributed by atoms with van der Waals surface area (Å²) in [7, 11) is 0. The fourth-order valence-electron chi connectivity index (χ4n) is 2.53. The summed E-state index contributed by atoms with van der Waals surface area (Å²) in [5.74, 6) is 0. The Morgan fingerprint density at radius 3 is 2.31 bits per heavy atom. The van der Waals surface area contributed by atoms with Crippen molar-refractivity contribution in [1.29, 1.82) is 0 Å². The first kappa shape index (κ1) is 16.3. The first-order chi connectivity index (χ1) is 12.8. The molecular formula is C21H16N4S. The molecular weight excluding hydrogens is 340 g/mol. The number of para-hydroxylation sites is 1. The molecule has 0 spiro atoms. The van der Waals surface area contributed by atoms with Gasteiger partial charge in [0, 0.05) is 16.7 Å². The Bertz CT molecular complexity index is 1020. The highest BCUT2D eigenvalue weighted by Gasteiger charge is 2.05. The first-order valence-corrected chi connectivity index (χ1v) is 8.64. The quantitative estimate of drug-likeness (QED) is 0.414. The van der Waals surface area contributed by atoms with Crippen molar-refractivity contribution in [2.75, 3.05) is 0 Å². The summed E-state index contributed by atoms with van der Waals surface area (Å²) in [6.45, 7) is 0. The number of aliphatic imine (C=N–C) groups is 1. The maximum atomic E-state index is 4.47. The second-order valence-corrected chi connectivity index (χ2v) is 6.30. The molecule has 4 aromatic rings. The summed E-state index contributed by atoms with van der Waals surface area (Å²) in [4.78, 5) is 5.40. The van der Waals surface area contributed by atoms with Crippen LogP contribution in [0, 0.1) is 0 Å². The Kier molecular flexibility index (Phi) is 4.62. The molecule has 4 nitrogen and oxygen atoms in total. The van der Waals surface area contributed by atoms with Gasteiger partial charge < -0.3 is 0 Å². The average Bonchev–Trinajstić information content (AvgIpc) is 3.19. The lowest BCUT2D eigenvalue weighted by Gasteiger charge is -1.99. The van der Waals surface area contributed by atoms with Crippen LogP contribution in [0.3, 0.4) is 0 Å². The summed E-state index contributed by atoms with van der Waals surface area (Å²) in [5, 5.41) is 8.47. The van der Waals surface area contributed by atoms with Crippen LogP contribution in [0.4, 0.5) is 5.69 Å². The number of aromatic nitrogens is 3. The lowest BCUT2D eigenvalue weighted by Crippen LogP contribution is -1.93. The van der Waals surface area contributed by atoms with E-state index in [-0.39, 0.29) is 0 Å². The van der Waals surface area contributed by atoms with Crippen LogP contribution in [-0.2, 0) is 0 Å². The highest BCUT2D eigenvalue weighted by molar-refractivity contribution is 7.80. The van der Waals surface area contributed by atoms with Crippen molar-refractivity contribution in [3.63, 3.8) is 0 Å². The van der Waals surface area contributed by atoms with Crippen molar-refractivity contribution in [3.8, 4) is 16.9 Å². The minimum Gasteiger partial charge on any atom is -0.256 e. The fraction of sp³-hybridized carbons (Fsp3) is 0. The second-order valence-electron chi connectivity index (χ2n) is 5.78. The van der Waals surface area contributed by atoms with Gasteiger partial charge >= 0.3 is 0 Å². The summed E-state index contributed by atoms with van der Waals surface area (Å²) in [5.41, 5.74) is 4.77. The van der Waals surface area contributed by atoms with Gasteiger partial charge in [0.25, 0.3) is 0 Å². The van der Waals surface area contributed by atoms with Crippen molar-refractivity contribution in [1.82, 2.24) is 15.0 Å². The normalized spacial score (nSPS) is 11.1. The van der Waals surface area contributed by atoms with Crippen LogP contribution in [0.25, 0.3) is 16.9 Å². The third-order valence-electron chi connectivity index (χ3n) is 3.93. The van der Waals surface area contributed by atoms with Gasteiger partial charge in [0.2, 0.25) is 0 Å². The van der Waals surface area contributed by atoms with E-state index in [1.54, 1.807) is 4.68 Å². The average molecular weight is 356 g/mol. The predicted octanol–water partition coefficient (Wildman–Crippen LogP) is 4.97. The van der Waals surface area contributed by atoms with Gasteiger partial charge in [0.05, 0.1) is 17.6 Å². The van der Waals surface area contributed by atoms with Crippen LogP contribution in [0.2, 0.25) is 0 Å². The molecule has 0 saturated heterocycles. The Hall–Kier alpha value is -3.18. The SMILES string of the molecule is Sc1ccc(N=Cc2ccc(-c3cn(-c4ccccc4)nn3)cc2)cc1. The second kappa shape index (κ2) is 7.37. The van der Waals surface area contributed by atoms with E-state index in [2.05, 4.69) is 27.9 Å². The zero-order valence-corrected chi connectivity index (χ0v) is 14.8. The molecule has 0 unspecified atom stereocenters. The molecule has 26 heavy (non-hydrogen) atoms. The van der Waals surface area contributed by atoms with Crippen LogP contribution in [0.5, 0.6) is 0 Å². The van der Waals surface area contributed by atoms with E-state index in [0.717, 1.165) is 33.1 Å². The zero-order valence-electron chi connectivity index (χ0n) is 13.9. The summed E-state index contributed by atoms with van der Waals surface area (Å²) in [6.07, 6.45) is 3.77. The number of nitrogens with zero attached hydrogens (tertiary/aromatic N) is 4. The summed E-state index contributed by atoms with van der Waals surface area (Å²) < 4.78 is 1.77. The summed E-state index contributed by atoms with van der Waals surface area (Å²) in [6, 6.07) is 25.8.